The number of aromatic nitrogens is 4. The molecule has 4 aromatic rings. The lowest BCUT2D eigenvalue weighted by molar-refractivity contribution is 0.481. The lowest BCUT2D eigenvalue weighted by Gasteiger charge is -2.01. The Hall–Kier alpha value is -3.25. The second-order valence-electron chi connectivity index (χ2n) is 6.05. The van der Waals surface area contributed by atoms with Gasteiger partial charge in [0, 0.05) is 16.7 Å². The Morgan fingerprint density at radius 1 is 1.00 bits per heavy atom. The molecule has 5 rings (SSSR count). The molecule has 0 saturated heterocycles. The Balaban J connectivity index is 1.61. The van der Waals surface area contributed by atoms with Gasteiger partial charge in [-0.1, -0.05) is 59.4 Å². The van der Waals surface area contributed by atoms with Crippen molar-refractivity contribution < 1.29 is 4.74 Å². The summed E-state index contributed by atoms with van der Waals surface area (Å²) in [7, 11) is 0. The van der Waals surface area contributed by atoms with E-state index in [0.717, 1.165) is 38.2 Å². The van der Waals surface area contributed by atoms with Gasteiger partial charge in [0.15, 0.2) is 5.82 Å². The molecule has 0 radical (unpaired) electrons. The van der Waals surface area contributed by atoms with Crippen LogP contribution in [0.2, 0.25) is 0 Å². The fraction of sp³-hybridized carbons (Fsp3) is 0.0500. The molecule has 2 aromatic carbocycles. The van der Waals surface area contributed by atoms with Crippen molar-refractivity contribution in [1.82, 2.24) is 19.8 Å². The van der Waals surface area contributed by atoms with E-state index >= 15 is 0 Å². The van der Waals surface area contributed by atoms with Crippen molar-refractivity contribution in [3.63, 3.8) is 0 Å². The molecule has 0 spiro atoms. The highest BCUT2D eigenvalue weighted by Crippen LogP contribution is 2.31. The zero-order chi connectivity index (χ0) is 17.5. The number of hydrogen-bond acceptors (Lipinski definition) is 5. The van der Waals surface area contributed by atoms with Gasteiger partial charge in [0.2, 0.25) is 4.96 Å². The largest absolute Gasteiger partial charge is 0.464 e. The van der Waals surface area contributed by atoms with Crippen molar-refractivity contribution in [1.29, 1.82) is 0 Å². The van der Waals surface area contributed by atoms with Crippen LogP contribution in [-0.2, 0) is 0 Å². The molecule has 0 atom stereocenters. The third-order valence-corrected chi connectivity index (χ3v) is 5.17. The van der Waals surface area contributed by atoms with Crippen LogP contribution in [0.15, 0.2) is 60.9 Å². The van der Waals surface area contributed by atoms with E-state index in [2.05, 4.69) is 35.3 Å². The molecule has 0 unspecified atom stereocenters. The molecule has 0 saturated carbocycles. The number of rotatable bonds is 2. The Kier molecular flexibility index (Phi) is 3.43. The number of allylic oxidation sites excluding steroid dienone is 2. The minimum atomic E-state index is 0.748. The van der Waals surface area contributed by atoms with Crippen LogP contribution in [0, 0.1) is 6.92 Å². The first-order chi connectivity index (χ1) is 12.8. The van der Waals surface area contributed by atoms with Crippen LogP contribution in [-0.4, -0.2) is 19.8 Å². The van der Waals surface area contributed by atoms with Gasteiger partial charge in [-0.25, -0.2) is 0 Å². The van der Waals surface area contributed by atoms with Crippen molar-refractivity contribution in [2.75, 3.05) is 0 Å². The summed E-state index contributed by atoms with van der Waals surface area (Å²) in [5.41, 5.74) is 4.22. The molecule has 6 heteroatoms. The second-order valence-corrected chi connectivity index (χ2v) is 7.01. The Bertz CT molecular complexity index is 1170. The number of nitrogens with zero attached hydrogens (tertiary/aromatic N) is 4. The predicted octanol–water partition coefficient (Wildman–Crippen LogP) is 4.61. The highest BCUT2D eigenvalue weighted by molar-refractivity contribution is 7.17. The number of fused-ring (bicyclic) bond motifs is 2. The van der Waals surface area contributed by atoms with Gasteiger partial charge in [0.25, 0.3) is 0 Å². The van der Waals surface area contributed by atoms with Gasteiger partial charge in [-0.15, -0.1) is 10.2 Å². The third-order valence-electron chi connectivity index (χ3n) is 4.22. The van der Waals surface area contributed by atoms with Gasteiger partial charge in [0.1, 0.15) is 10.8 Å². The molecule has 0 bridgehead atoms. The zero-order valence-corrected chi connectivity index (χ0v) is 14.8. The topological polar surface area (TPSA) is 52.3 Å². The van der Waals surface area contributed by atoms with Gasteiger partial charge < -0.3 is 4.74 Å². The van der Waals surface area contributed by atoms with E-state index < -0.39 is 0 Å². The number of para-hydroxylation sites is 1. The average Bonchev–Trinajstić information content (AvgIpc) is 3.16. The maximum absolute atomic E-state index is 5.67. The van der Waals surface area contributed by atoms with Gasteiger partial charge in [-0.3, -0.25) is 0 Å². The van der Waals surface area contributed by atoms with Crippen LogP contribution in [0.1, 0.15) is 16.1 Å². The Morgan fingerprint density at radius 2 is 1.85 bits per heavy atom. The fourth-order valence-electron chi connectivity index (χ4n) is 2.85. The molecular formula is C20H14N4OS. The molecule has 2 aromatic heterocycles. The molecule has 3 heterocycles. The Morgan fingerprint density at radius 3 is 2.73 bits per heavy atom. The summed E-state index contributed by atoms with van der Waals surface area (Å²) in [5.74, 6) is 1.58. The van der Waals surface area contributed by atoms with Crippen LogP contribution >= 0.6 is 11.3 Å². The molecule has 5 nitrogen and oxygen atoms in total. The number of ether oxygens (including phenoxy) is 1. The van der Waals surface area contributed by atoms with E-state index in [-0.39, 0.29) is 0 Å². The Labute approximate surface area is 153 Å². The summed E-state index contributed by atoms with van der Waals surface area (Å²) >= 11 is 1.51. The molecule has 1 aliphatic rings. The average molecular weight is 358 g/mol. The standard InChI is InChI=1S/C20H14N4OS/c1-13-6-8-14(9-7-13)18-21-22-20-24(18)23-19(26-20)16-10-11-25-17-5-3-2-4-15(17)12-16/h2-12H,1H3. The van der Waals surface area contributed by atoms with Crippen LogP contribution < -0.4 is 4.74 Å². The SMILES string of the molecule is Cc1ccc(-c2nnc3sc(C4=Cc5ccccc5OC=C4)nn23)cc1. The molecule has 26 heavy (non-hydrogen) atoms. The molecular weight excluding hydrogens is 344 g/mol. The number of aryl methyl sites for hydroxylation is 1. The first kappa shape index (κ1) is 15.0. The molecule has 0 N–H and O–H groups in total. The fourth-order valence-corrected chi connectivity index (χ4v) is 3.69. The van der Waals surface area contributed by atoms with Gasteiger partial charge in [0.05, 0.1) is 6.26 Å². The van der Waals surface area contributed by atoms with Crippen LogP contribution in [0.4, 0.5) is 0 Å². The first-order valence-electron chi connectivity index (χ1n) is 8.21. The van der Waals surface area contributed by atoms with Crippen molar-refractivity contribution >= 4 is 27.9 Å². The molecule has 0 amide bonds. The summed E-state index contributed by atoms with van der Waals surface area (Å²) in [6.07, 6.45) is 5.70. The summed E-state index contributed by atoms with van der Waals surface area (Å²) in [5, 5.41) is 14.2. The van der Waals surface area contributed by atoms with Gasteiger partial charge in [-0.2, -0.15) is 9.61 Å². The number of benzene rings is 2. The van der Waals surface area contributed by atoms with Crippen LogP contribution in [0.25, 0.3) is 28.0 Å². The molecule has 0 aliphatic carbocycles. The quantitative estimate of drug-likeness (QED) is 0.525. The van der Waals surface area contributed by atoms with Gasteiger partial charge >= 0.3 is 0 Å². The number of hydrogen-bond donors (Lipinski definition) is 0. The van der Waals surface area contributed by atoms with E-state index in [1.54, 1.807) is 10.8 Å². The van der Waals surface area contributed by atoms with Crippen LogP contribution in [0.5, 0.6) is 5.75 Å². The molecule has 0 fully saturated rings. The summed E-state index contributed by atoms with van der Waals surface area (Å²) < 4.78 is 7.47. The predicted molar refractivity (Wildman–Crippen MR) is 103 cm³/mol. The highest BCUT2D eigenvalue weighted by atomic mass is 32.1. The van der Waals surface area contributed by atoms with E-state index in [0.29, 0.717) is 0 Å². The van der Waals surface area contributed by atoms with Crippen molar-refractivity contribution in [3.8, 4) is 17.1 Å². The monoisotopic (exact) mass is 358 g/mol. The third kappa shape index (κ3) is 2.51. The smallest absolute Gasteiger partial charge is 0.235 e. The summed E-state index contributed by atoms with van der Waals surface area (Å²) in [6, 6.07) is 16.1. The minimum Gasteiger partial charge on any atom is -0.464 e. The second kappa shape index (κ2) is 5.93. The highest BCUT2D eigenvalue weighted by Gasteiger charge is 2.16. The van der Waals surface area contributed by atoms with Crippen molar-refractivity contribution in [3.05, 3.63) is 77.0 Å². The minimum absolute atomic E-state index is 0.748. The van der Waals surface area contributed by atoms with Gasteiger partial charge in [-0.05, 0) is 25.1 Å². The zero-order valence-electron chi connectivity index (χ0n) is 14.0. The maximum atomic E-state index is 5.67. The van der Waals surface area contributed by atoms with Crippen LogP contribution in [0.3, 0.4) is 0 Å². The van der Waals surface area contributed by atoms with E-state index in [4.69, 9.17) is 9.84 Å². The molecule has 126 valence electrons. The van der Waals surface area contributed by atoms with E-state index in [1.165, 1.54) is 16.9 Å². The van der Waals surface area contributed by atoms with E-state index in [1.807, 2.05) is 42.5 Å². The lowest BCUT2D eigenvalue weighted by Crippen LogP contribution is -1.92. The summed E-state index contributed by atoms with van der Waals surface area (Å²) in [4.78, 5) is 0.767. The summed E-state index contributed by atoms with van der Waals surface area (Å²) in [6.45, 7) is 2.06. The van der Waals surface area contributed by atoms with E-state index in [9.17, 15) is 0 Å². The lowest BCUT2D eigenvalue weighted by atomic mass is 10.1. The maximum Gasteiger partial charge on any atom is 0.235 e. The van der Waals surface area contributed by atoms with Crippen molar-refractivity contribution in [2.24, 2.45) is 0 Å². The first-order valence-corrected chi connectivity index (χ1v) is 9.03. The van der Waals surface area contributed by atoms with Crippen molar-refractivity contribution in [2.45, 2.75) is 6.92 Å². The molecule has 1 aliphatic heterocycles. The normalized spacial score (nSPS) is 13.2.